The fraction of sp³-hybridized carbons (Fsp3) is 0.440. The van der Waals surface area contributed by atoms with Gasteiger partial charge in [0.05, 0.1) is 18.2 Å². The maximum Gasteiger partial charge on any atom is 0.254 e. The standard InChI is InChI=1S/C25H29NO6/c1-25(2)31-16-23(32-25)18-9-3-4-10-19(18)24(29)26-13-6-5-8-17(26)15-30-22-12-7-11-21(28)20(22)14-27/h3-4,7,9-12,14,17,23,28H,5-6,8,13,15-16H2,1-2H3. The van der Waals surface area contributed by atoms with Crippen LogP contribution in [0.15, 0.2) is 42.5 Å². The smallest absolute Gasteiger partial charge is 0.254 e. The molecule has 2 aromatic carbocycles. The molecule has 2 aliphatic heterocycles. The number of ether oxygens (including phenoxy) is 3. The number of carbonyl (C=O) groups excluding carboxylic acids is 2. The first-order valence-electron chi connectivity index (χ1n) is 11.0. The number of benzene rings is 2. The van der Waals surface area contributed by atoms with E-state index in [1.807, 2.05) is 43.0 Å². The van der Waals surface area contributed by atoms with E-state index in [-0.39, 0.29) is 36.0 Å². The summed E-state index contributed by atoms with van der Waals surface area (Å²) in [7, 11) is 0. The zero-order chi connectivity index (χ0) is 22.7. The monoisotopic (exact) mass is 439 g/mol. The predicted molar refractivity (Wildman–Crippen MR) is 118 cm³/mol. The fourth-order valence-electron chi connectivity index (χ4n) is 4.37. The molecule has 2 aromatic rings. The van der Waals surface area contributed by atoms with E-state index < -0.39 is 5.79 Å². The molecular formula is C25H29NO6. The Kier molecular flexibility index (Phi) is 6.48. The molecule has 0 bridgehead atoms. The lowest BCUT2D eigenvalue weighted by atomic mass is 9.97. The highest BCUT2D eigenvalue weighted by molar-refractivity contribution is 5.96. The van der Waals surface area contributed by atoms with Crippen LogP contribution in [-0.4, -0.2) is 53.8 Å². The van der Waals surface area contributed by atoms with Gasteiger partial charge in [-0.05, 0) is 56.9 Å². The van der Waals surface area contributed by atoms with Crippen LogP contribution in [-0.2, 0) is 9.47 Å². The Morgan fingerprint density at radius 1 is 1.22 bits per heavy atom. The first-order chi connectivity index (χ1) is 15.4. The van der Waals surface area contributed by atoms with Crippen LogP contribution >= 0.6 is 0 Å². The molecule has 2 fully saturated rings. The molecule has 7 heteroatoms. The zero-order valence-electron chi connectivity index (χ0n) is 18.5. The van der Waals surface area contributed by atoms with E-state index in [9.17, 15) is 14.7 Å². The van der Waals surface area contributed by atoms with Crippen molar-refractivity contribution in [3.05, 3.63) is 59.2 Å². The zero-order valence-corrected chi connectivity index (χ0v) is 18.5. The van der Waals surface area contributed by atoms with Crippen LogP contribution in [0.1, 0.15) is 65.5 Å². The van der Waals surface area contributed by atoms with E-state index in [0.717, 1.165) is 24.8 Å². The summed E-state index contributed by atoms with van der Waals surface area (Å²) in [6.07, 6.45) is 3.00. The van der Waals surface area contributed by atoms with Gasteiger partial charge < -0.3 is 24.2 Å². The molecule has 0 aliphatic carbocycles. The normalized spacial score (nSPS) is 22.5. The Morgan fingerprint density at radius 2 is 2.03 bits per heavy atom. The summed E-state index contributed by atoms with van der Waals surface area (Å²) >= 11 is 0. The molecule has 2 aliphatic rings. The van der Waals surface area contributed by atoms with Crippen LogP contribution in [0.3, 0.4) is 0 Å². The van der Waals surface area contributed by atoms with E-state index in [0.29, 0.717) is 30.8 Å². The van der Waals surface area contributed by atoms with Crippen molar-refractivity contribution in [3.63, 3.8) is 0 Å². The second kappa shape index (κ2) is 9.30. The third-order valence-corrected chi connectivity index (χ3v) is 6.03. The molecule has 1 N–H and O–H groups in total. The molecule has 170 valence electrons. The number of carbonyl (C=O) groups is 2. The SMILES string of the molecule is CC1(C)OCC(c2ccccc2C(=O)N2CCCCC2COc2cccc(O)c2C=O)O1. The maximum absolute atomic E-state index is 13.6. The molecule has 0 saturated carbocycles. The van der Waals surface area contributed by atoms with Gasteiger partial charge >= 0.3 is 0 Å². The van der Waals surface area contributed by atoms with Crippen LogP contribution in [0.5, 0.6) is 11.5 Å². The summed E-state index contributed by atoms with van der Waals surface area (Å²) in [5.74, 6) is -0.546. The predicted octanol–water partition coefficient (Wildman–Crippen LogP) is 4.10. The van der Waals surface area contributed by atoms with Gasteiger partial charge in [0.25, 0.3) is 5.91 Å². The number of nitrogens with zero attached hydrogens (tertiary/aromatic N) is 1. The summed E-state index contributed by atoms with van der Waals surface area (Å²) in [6, 6.07) is 12.1. The number of hydrogen-bond acceptors (Lipinski definition) is 6. The first-order valence-corrected chi connectivity index (χ1v) is 11.0. The number of likely N-dealkylation sites (tertiary alicyclic amines) is 1. The molecule has 2 heterocycles. The number of aromatic hydroxyl groups is 1. The van der Waals surface area contributed by atoms with Crippen molar-refractivity contribution >= 4 is 12.2 Å². The maximum atomic E-state index is 13.6. The molecular weight excluding hydrogens is 410 g/mol. The van der Waals surface area contributed by atoms with Gasteiger partial charge in [0, 0.05) is 12.1 Å². The topological polar surface area (TPSA) is 85.3 Å². The Balaban J connectivity index is 1.53. The molecule has 0 aromatic heterocycles. The van der Waals surface area contributed by atoms with Crippen LogP contribution in [0, 0.1) is 0 Å². The first kappa shape index (κ1) is 22.3. The highest BCUT2D eigenvalue weighted by atomic mass is 16.7. The lowest BCUT2D eigenvalue weighted by Crippen LogP contribution is -2.47. The number of amides is 1. The van der Waals surface area contributed by atoms with Gasteiger partial charge in [0.2, 0.25) is 0 Å². The van der Waals surface area contributed by atoms with Gasteiger partial charge in [-0.15, -0.1) is 0 Å². The third-order valence-electron chi connectivity index (χ3n) is 6.03. The Morgan fingerprint density at radius 3 is 2.78 bits per heavy atom. The van der Waals surface area contributed by atoms with Crippen molar-refractivity contribution in [1.82, 2.24) is 4.90 Å². The molecule has 32 heavy (non-hydrogen) atoms. The number of aldehydes is 1. The minimum atomic E-state index is -0.681. The quantitative estimate of drug-likeness (QED) is 0.682. The van der Waals surface area contributed by atoms with E-state index >= 15 is 0 Å². The highest BCUT2D eigenvalue weighted by Gasteiger charge is 2.37. The minimum Gasteiger partial charge on any atom is -0.507 e. The molecule has 2 saturated heterocycles. The summed E-state index contributed by atoms with van der Waals surface area (Å²) in [5.41, 5.74) is 1.55. The fourth-order valence-corrected chi connectivity index (χ4v) is 4.37. The van der Waals surface area contributed by atoms with E-state index in [2.05, 4.69) is 0 Å². The largest absolute Gasteiger partial charge is 0.507 e. The second-order valence-electron chi connectivity index (χ2n) is 8.67. The lowest BCUT2D eigenvalue weighted by Gasteiger charge is -2.36. The van der Waals surface area contributed by atoms with Crippen LogP contribution in [0.4, 0.5) is 0 Å². The molecule has 1 amide bonds. The highest BCUT2D eigenvalue weighted by Crippen LogP contribution is 2.35. The molecule has 2 unspecified atom stereocenters. The average molecular weight is 440 g/mol. The van der Waals surface area contributed by atoms with Crippen LogP contribution in [0.25, 0.3) is 0 Å². The molecule has 0 spiro atoms. The Bertz CT molecular complexity index is 988. The van der Waals surface area contributed by atoms with Gasteiger partial charge in [-0.3, -0.25) is 9.59 Å². The van der Waals surface area contributed by atoms with Crippen molar-refractivity contribution in [3.8, 4) is 11.5 Å². The van der Waals surface area contributed by atoms with E-state index in [1.165, 1.54) is 6.07 Å². The number of phenolic OH excluding ortho intramolecular Hbond substituents is 1. The van der Waals surface area contributed by atoms with Gasteiger partial charge in [-0.25, -0.2) is 0 Å². The number of hydrogen-bond donors (Lipinski definition) is 1. The third kappa shape index (κ3) is 4.64. The van der Waals surface area contributed by atoms with Gasteiger partial charge in [-0.2, -0.15) is 0 Å². The molecule has 0 radical (unpaired) electrons. The average Bonchev–Trinajstić information content (AvgIpc) is 3.17. The molecule has 2 atom stereocenters. The van der Waals surface area contributed by atoms with Crippen molar-refractivity contribution < 1.29 is 28.9 Å². The summed E-state index contributed by atoms with van der Waals surface area (Å²) in [6.45, 7) is 5.01. The van der Waals surface area contributed by atoms with E-state index in [1.54, 1.807) is 12.1 Å². The van der Waals surface area contributed by atoms with Gasteiger partial charge in [-0.1, -0.05) is 24.3 Å². The number of rotatable bonds is 6. The van der Waals surface area contributed by atoms with Crippen molar-refractivity contribution in [1.29, 1.82) is 0 Å². The molecule has 4 rings (SSSR count). The summed E-state index contributed by atoms with van der Waals surface area (Å²) in [5, 5.41) is 9.89. The van der Waals surface area contributed by atoms with Gasteiger partial charge in [0.1, 0.15) is 24.2 Å². The van der Waals surface area contributed by atoms with Gasteiger partial charge in [0.15, 0.2) is 12.1 Å². The van der Waals surface area contributed by atoms with E-state index in [4.69, 9.17) is 14.2 Å². The summed E-state index contributed by atoms with van der Waals surface area (Å²) in [4.78, 5) is 26.8. The minimum absolute atomic E-state index is 0.0614. The Hall–Kier alpha value is -2.90. The van der Waals surface area contributed by atoms with Crippen molar-refractivity contribution in [2.45, 2.75) is 51.0 Å². The summed E-state index contributed by atoms with van der Waals surface area (Å²) < 4.78 is 17.6. The number of phenols is 1. The van der Waals surface area contributed by atoms with Crippen molar-refractivity contribution in [2.75, 3.05) is 19.8 Å². The second-order valence-corrected chi connectivity index (χ2v) is 8.67. The lowest BCUT2D eigenvalue weighted by molar-refractivity contribution is -0.139. The van der Waals surface area contributed by atoms with Crippen LogP contribution < -0.4 is 4.74 Å². The molecule has 7 nitrogen and oxygen atoms in total. The Labute approximate surface area is 187 Å². The van der Waals surface area contributed by atoms with Crippen LogP contribution in [0.2, 0.25) is 0 Å². The number of piperidine rings is 1. The van der Waals surface area contributed by atoms with Crippen molar-refractivity contribution in [2.24, 2.45) is 0 Å².